The van der Waals surface area contributed by atoms with Crippen LogP contribution < -0.4 is 15.2 Å². The normalized spacial score (nSPS) is 21.2. The van der Waals surface area contributed by atoms with Gasteiger partial charge in [0.05, 0.1) is 18.2 Å². The van der Waals surface area contributed by atoms with E-state index in [4.69, 9.17) is 15.2 Å². The summed E-state index contributed by atoms with van der Waals surface area (Å²) in [4.78, 5) is 27.3. The Morgan fingerprint density at radius 2 is 2.00 bits per heavy atom. The summed E-state index contributed by atoms with van der Waals surface area (Å²) in [6, 6.07) is 5.19. The van der Waals surface area contributed by atoms with Crippen LogP contribution in [-0.2, 0) is 4.79 Å². The van der Waals surface area contributed by atoms with Crippen LogP contribution in [0.3, 0.4) is 0 Å². The van der Waals surface area contributed by atoms with Crippen molar-refractivity contribution >= 4 is 11.8 Å². The van der Waals surface area contributed by atoms with Crippen LogP contribution in [0.25, 0.3) is 0 Å². The quantitative estimate of drug-likeness (QED) is 0.739. The number of primary amides is 1. The minimum atomic E-state index is -0.743. The number of hydrogen-bond acceptors (Lipinski definition) is 6. The number of fused-ring (bicyclic) bond motifs is 1. The van der Waals surface area contributed by atoms with Crippen molar-refractivity contribution in [2.24, 2.45) is 5.73 Å². The summed E-state index contributed by atoms with van der Waals surface area (Å²) in [6.07, 6.45) is -0.743. The Kier molecular flexibility index (Phi) is 4.86. The molecule has 0 unspecified atom stereocenters. The van der Waals surface area contributed by atoms with E-state index in [1.165, 1.54) is 0 Å². The van der Waals surface area contributed by atoms with Gasteiger partial charge in [-0.25, -0.2) is 0 Å². The number of amides is 2. The van der Waals surface area contributed by atoms with E-state index in [-0.39, 0.29) is 19.0 Å². The van der Waals surface area contributed by atoms with Gasteiger partial charge in [-0.1, -0.05) is 6.07 Å². The first-order valence-electron chi connectivity index (χ1n) is 7.91. The van der Waals surface area contributed by atoms with E-state index in [1.807, 2.05) is 0 Å². The van der Waals surface area contributed by atoms with Gasteiger partial charge in [-0.2, -0.15) is 0 Å². The zero-order valence-corrected chi connectivity index (χ0v) is 13.3. The van der Waals surface area contributed by atoms with Gasteiger partial charge in [-0.05, 0) is 12.1 Å². The zero-order valence-electron chi connectivity index (χ0n) is 13.3. The lowest BCUT2D eigenvalue weighted by molar-refractivity contribution is -0.119. The molecule has 3 N–H and O–H groups in total. The molecule has 0 spiro atoms. The number of nitrogens with zero attached hydrogens (tertiary/aromatic N) is 2. The Labute approximate surface area is 139 Å². The zero-order chi connectivity index (χ0) is 17.1. The van der Waals surface area contributed by atoms with Crippen LogP contribution in [0.4, 0.5) is 0 Å². The predicted molar refractivity (Wildman–Crippen MR) is 85.0 cm³/mol. The molecule has 8 nitrogen and oxygen atoms in total. The van der Waals surface area contributed by atoms with Gasteiger partial charge < -0.3 is 25.2 Å². The van der Waals surface area contributed by atoms with E-state index in [0.29, 0.717) is 49.9 Å². The topological polar surface area (TPSA) is 105 Å². The summed E-state index contributed by atoms with van der Waals surface area (Å²) in [5.41, 5.74) is 5.63. The van der Waals surface area contributed by atoms with Gasteiger partial charge in [-0.15, -0.1) is 0 Å². The van der Waals surface area contributed by atoms with E-state index < -0.39 is 12.0 Å². The second-order valence-corrected chi connectivity index (χ2v) is 5.94. The number of benzene rings is 1. The maximum Gasteiger partial charge on any atom is 0.257 e. The first kappa shape index (κ1) is 16.5. The molecule has 1 atom stereocenters. The molecule has 0 aliphatic carbocycles. The minimum Gasteiger partial charge on any atom is -0.486 e. The molecule has 0 aromatic heterocycles. The fourth-order valence-electron chi connectivity index (χ4n) is 3.02. The maximum atomic E-state index is 12.9. The molecule has 1 fully saturated rings. The van der Waals surface area contributed by atoms with Crippen molar-refractivity contribution in [2.75, 3.05) is 45.9 Å². The molecular weight excluding hydrogens is 314 g/mol. The third-order valence-electron chi connectivity index (χ3n) is 4.05. The molecular formula is C16H21N3O5. The van der Waals surface area contributed by atoms with E-state index >= 15 is 0 Å². The standard InChI is InChI=1S/C16H21N3O5/c17-14(21)10-18-4-5-19(9-11(20)8-18)16(22)12-2-1-3-13-15(12)24-7-6-23-13/h1-3,11,20H,4-10H2,(H2,17,21)/t11-/m1/s1. The van der Waals surface area contributed by atoms with Crippen LogP contribution in [0.5, 0.6) is 11.5 Å². The van der Waals surface area contributed by atoms with Crippen LogP contribution in [-0.4, -0.2) is 78.8 Å². The molecule has 0 bridgehead atoms. The number of para-hydroxylation sites is 1. The molecule has 2 aliphatic heterocycles. The van der Waals surface area contributed by atoms with Crippen molar-refractivity contribution in [3.63, 3.8) is 0 Å². The summed E-state index contributed by atoms with van der Waals surface area (Å²) in [6.45, 7) is 2.28. The van der Waals surface area contributed by atoms with Gasteiger partial charge in [0.1, 0.15) is 13.2 Å². The van der Waals surface area contributed by atoms with Crippen LogP contribution in [0.15, 0.2) is 18.2 Å². The van der Waals surface area contributed by atoms with E-state index in [9.17, 15) is 14.7 Å². The van der Waals surface area contributed by atoms with Crippen molar-refractivity contribution in [3.8, 4) is 11.5 Å². The molecule has 24 heavy (non-hydrogen) atoms. The number of β-amino-alcohol motifs (C(OH)–C–C–N with tert-alkyl or cyclic N) is 1. The number of aliphatic hydroxyl groups is 1. The highest BCUT2D eigenvalue weighted by molar-refractivity contribution is 5.98. The van der Waals surface area contributed by atoms with Crippen LogP contribution in [0, 0.1) is 0 Å². The van der Waals surface area contributed by atoms with E-state index in [1.54, 1.807) is 28.0 Å². The lowest BCUT2D eigenvalue weighted by Gasteiger charge is -2.25. The Hall–Kier alpha value is -2.32. The highest BCUT2D eigenvalue weighted by Gasteiger charge is 2.29. The smallest absolute Gasteiger partial charge is 0.257 e. The first-order valence-corrected chi connectivity index (χ1v) is 7.91. The van der Waals surface area contributed by atoms with Gasteiger partial charge in [-0.3, -0.25) is 14.5 Å². The molecule has 0 saturated carbocycles. The van der Waals surface area contributed by atoms with Crippen molar-refractivity contribution < 1.29 is 24.2 Å². The average Bonchev–Trinajstić information content (AvgIpc) is 2.74. The van der Waals surface area contributed by atoms with Gasteiger partial charge in [0.15, 0.2) is 11.5 Å². The highest BCUT2D eigenvalue weighted by atomic mass is 16.6. The summed E-state index contributed by atoms with van der Waals surface area (Å²) in [5.74, 6) is 0.321. The predicted octanol–water partition coefficient (Wildman–Crippen LogP) is -0.938. The third-order valence-corrected chi connectivity index (χ3v) is 4.05. The summed E-state index contributed by atoms with van der Waals surface area (Å²) >= 11 is 0. The number of carbonyl (C=O) groups is 2. The summed E-state index contributed by atoms with van der Waals surface area (Å²) in [5, 5.41) is 10.1. The van der Waals surface area contributed by atoms with E-state index in [2.05, 4.69) is 0 Å². The Morgan fingerprint density at radius 1 is 1.21 bits per heavy atom. The second-order valence-electron chi connectivity index (χ2n) is 5.94. The summed E-state index contributed by atoms with van der Waals surface area (Å²) in [7, 11) is 0. The number of ether oxygens (including phenoxy) is 2. The van der Waals surface area contributed by atoms with Crippen molar-refractivity contribution in [1.29, 1.82) is 0 Å². The molecule has 2 heterocycles. The second kappa shape index (κ2) is 7.06. The maximum absolute atomic E-state index is 12.9. The molecule has 130 valence electrons. The third kappa shape index (κ3) is 3.60. The number of hydrogen-bond donors (Lipinski definition) is 2. The molecule has 1 aromatic rings. The van der Waals surface area contributed by atoms with Crippen molar-refractivity contribution in [3.05, 3.63) is 23.8 Å². The SMILES string of the molecule is NC(=O)CN1CCN(C(=O)c2cccc3c2OCCO3)C[C@H](O)C1. The van der Waals surface area contributed by atoms with Gasteiger partial charge in [0, 0.05) is 26.2 Å². The molecule has 3 rings (SSSR count). The van der Waals surface area contributed by atoms with E-state index in [0.717, 1.165) is 0 Å². The Morgan fingerprint density at radius 3 is 2.79 bits per heavy atom. The van der Waals surface area contributed by atoms with Crippen LogP contribution in [0.1, 0.15) is 10.4 Å². The van der Waals surface area contributed by atoms with Gasteiger partial charge in [0.25, 0.3) is 5.91 Å². The van der Waals surface area contributed by atoms with Crippen molar-refractivity contribution in [1.82, 2.24) is 9.80 Å². The highest BCUT2D eigenvalue weighted by Crippen LogP contribution is 2.34. The molecule has 1 aromatic carbocycles. The van der Waals surface area contributed by atoms with Crippen LogP contribution >= 0.6 is 0 Å². The Bertz CT molecular complexity index is 636. The van der Waals surface area contributed by atoms with Crippen molar-refractivity contribution in [2.45, 2.75) is 6.10 Å². The lowest BCUT2D eigenvalue weighted by Crippen LogP contribution is -2.38. The molecule has 8 heteroatoms. The summed E-state index contributed by atoms with van der Waals surface area (Å²) < 4.78 is 11.1. The van der Waals surface area contributed by atoms with Gasteiger partial charge in [0.2, 0.25) is 5.91 Å². The lowest BCUT2D eigenvalue weighted by atomic mass is 10.1. The number of carbonyl (C=O) groups excluding carboxylic acids is 2. The number of aliphatic hydroxyl groups excluding tert-OH is 1. The average molecular weight is 335 g/mol. The number of rotatable bonds is 3. The minimum absolute atomic E-state index is 0.0662. The first-order chi connectivity index (χ1) is 11.5. The molecule has 2 amide bonds. The fraction of sp³-hybridized carbons (Fsp3) is 0.500. The largest absolute Gasteiger partial charge is 0.486 e. The monoisotopic (exact) mass is 335 g/mol. The fourth-order valence-corrected chi connectivity index (χ4v) is 3.02. The molecule has 1 saturated heterocycles. The van der Waals surface area contributed by atoms with Gasteiger partial charge >= 0.3 is 0 Å². The molecule has 0 radical (unpaired) electrons. The van der Waals surface area contributed by atoms with Crippen LogP contribution in [0.2, 0.25) is 0 Å². The molecule has 2 aliphatic rings. The number of nitrogens with two attached hydrogens (primary N) is 1. The Balaban J connectivity index is 1.76.